The van der Waals surface area contributed by atoms with Crippen molar-refractivity contribution in [3.8, 4) is 0 Å². The minimum Gasteiger partial charge on any atom is -0.464 e. The van der Waals surface area contributed by atoms with Gasteiger partial charge in [0.15, 0.2) is 0 Å². The molecule has 0 rings (SSSR count). The molecule has 158 valence electrons. The molecule has 0 aromatic rings. The molecule has 0 aromatic heterocycles. The normalized spacial score (nSPS) is 13.1. The van der Waals surface area contributed by atoms with Gasteiger partial charge in [0.25, 0.3) is 0 Å². The zero-order valence-corrected chi connectivity index (χ0v) is 19.3. The Hall–Kier alpha value is -0.580. The lowest BCUT2D eigenvalue weighted by molar-refractivity contribution is -0.167. The standard InChI is InChI=1S/C17H30O7S3/c1-14(2,25)11(19)22-8-17(7-18,9-23-12(20)15(3,4)26)10-24-13(21)16(5,6)27/h18,25-27H,7-10H2,1-6H3. The first-order valence-electron chi connectivity index (χ1n) is 8.24. The summed E-state index contributed by atoms with van der Waals surface area (Å²) >= 11 is 12.4. The maximum absolute atomic E-state index is 12.0. The van der Waals surface area contributed by atoms with Crippen LogP contribution in [0, 0.1) is 5.41 Å². The number of hydrogen-bond donors (Lipinski definition) is 4. The minimum atomic E-state index is -1.34. The summed E-state index contributed by atoms with van der Waals surface area (Å²) in [6.07, 6.45) is 0. The average molecular weight is 443 g/mol. The quantitative estimate of drug-likeness (QED) is 0.232. The van der Waals surface area contributed by atoms with Gasteiger partial charge in [0.2, 0.25) is 0 Å². The van der Waals surface area contributed by atoms with Crippen LogP contribution in [0.5, 0.6) is 0 Å². The van der Waals surface area contributed by atoms with Crippen molar-refractivity contribution in [1.29, 1.82) is 0 Å². The number of carbonyl (C=O) groups is 3. The van der Waals surface area contributed by atoms with Crippen LogP contribution >= 0.6 is 37.9 Å². The number of rotatable bonds is 10. The molecule has 0 unspecified atom stereocenters. The van der Waals surface area contributed by atoms with Crippen LogP contribution in [-0.4, -0.2) is 63.7 Å². The van der Waals surface area contributed by atoms with E-state index in [1.54, 1.807) is 41.5 Å². The molecule has 1 N–H and O–H groups in total. The molecule has 27 heavy (non-hydrogen) atoms. The number of aliphatic hydroxyl groups is 1. The first kappa shape index (κ1) is 26.4. The Bertz CT molecular complexity index is 468. The molecule has 0 fully saturated rings. The summed E-state index contributed by atoms with van der Waals surface area (Å²) in [5.74, 6) is -1.90. The van der Waals surface area contributed by atoms with E-state index >= 15 is 0 Å². The first-order chi connectivity index (χ1) is 11.9. The van der Waals surface area contributed by atoms with E-state index in [0.29, 0.717) is 0 Å². The van der Waals surface area contributed by atoms with Crippen molar-refractivity contribution in [2.24, 2.45) is 5.41 Å². The molecule has 0 heterocycles. The largest absolute Gasteiger partial charge is 0.464 e. The lowest BCUT2D eigenvalue weighted by Crippen LogP contribution is -2.46. The monoisotopic (exact) mass is 442 g/mol. The van der Waals surface area contributed by atoms with Gasteiger partial charge in [-0.1, -0.05) is 0 Å². The van der Waals surface area contributed by atoms with Gasteiger partial charge in [-0.2, -0.15) is 37.9 Å². The smallest absolute Gasteiger partial charge is 0.321 e. The van der Waals surface area contributed by atoms with Gasteiger partial charge in [0.05, 0.1) is 12.0 Å². The Balaban J connectivity index is 5.32. The molecule has 0 atom stereocenters. The van der Waals surface area contributed by atoms with Gasteiger partial charge in [-0.15, -0.1) is 0 Å². The molecule has 0 aliphatic carbocycles. The Morgan fingerprint density at radius 3 is 1.04 bits per heavy atom. The summed E-state index contributed by atoms with van der Waals surface area (Å²) in [7, 11) is 0. The highest BCUT2D eigenvalue weighted by Crippen LogP contribution is 2.25. The van der Waals surface area contributed by atoms with Crippen molar-refractivity contribution in [1.82, 2.24) is 0 Å². The van der Waals surface area contributed by atoms with Crippen LogP contribution < -0.4 is 0 Å². The average Bonchev–Trinajstić information content (AvgIpc) is 2.50. The number of thiol groups is 3. The van der Waals surface area contributed by atoms with E-state index in [4.69, 9.17) is 14.2 Å². The Kier molecular flexibility index (Phi) is 9.55. The number of esters is 3. The van der Waals surface area contributed by atoms with Crippen LogP contribution in [-0.2, 0) is 28.6 Å². The van der Waals surface area contributed by atoms with Gasteiger partial charge in [-0.25, -0.2) is 0 Å². The summed E-state index contributed by atoms with van der Waals surface area (Å²) in [6.45, 7) is 7.70. The van der Waals surface area contributed by atoms with E-state index in [-0.39, 0.29) is 19.8 Å². The molecule has 0 saturated carbocycles. The third-order valence-corrected chi connectivity index (χ3v) is 3.91. The summed E-state index contributed by atoms with van der Waals surface area (Å²) in [5.41, 5.74) is -1.34. The second-order valence-corrected chi connectivity index (χ2v) is 11.4. The van der Waals surface area contributed by atoms with Crippen LogP contribution in [0.1, 0.15) is 41.5 Å². The SMILES string of the molecule is CC(C)(S)C(=O)OCC(CO)(COC(=O)C(C)(C)S)COC(=O)C(C)(C)S. The fourth-order valence-corrected chi connectivity index (χ4v) is 1.64. The fourth-order valence-electron chi connectivity index (χ4n) is 1.45. The van der Waals surface area contributed by atoms with Gasteiger partial charge in [-0.05, 0) is 41.5 Å². The van der Waals surface area contributed by atoms with Gasteiger partial charge in [-0.3, -0.25) is 14.4 Å². The molecule has 0 bridgehead atoms. The molecule has 0 saturated heterocycles. The van der Waals surface area contributed by atoms with Crippen LogP contribution in [0.3, 0.4) is 0 Å². The molecule has 0 aliphatic heterocycles. The molecule has 7 nitrogen and oxygen atoms in total. The van der Waals surface area contributed by atoms with Crippen LogP contribution in [0.4, 0.5) is 0 Å². The molecule has 0 aromatic carbocycles. The number of hydrogen-bond acceptors (Lipinski definition) is 10. The van der Waals surface area contributed by atoms with E-state index < -0.39 is 44.2 Å². The Morgan fingerprint density at radius 2 is 0.889 bits per heavy atom. The van der Waals surface area contributed by atoms with Crippen LogP contribution in [0.25, 0.3) is 0 Å². The van der Waals surface area contributed by atoms with E-state index in [2.05, 4.69) is 37.9 Å². The molecular weight excluding hydrogens is 412 g/mol. The lowest BCUT2D eigenvalue weighted by Gasteiger charge is -2.32. The highest BCUT2D eigenvalue weighted by atomic mass is 32.1. The van der Waals surface area contributed by atoms with Crippen molar-refractivity contribution in [2.45, 2.75) is 55.8 Å². The highest BCUT2D eigenvalue weighted by molar-refractivity contribution is 7.83. The van der Waals surface area contributed by atoms with Crippen LogP contribution in [0.2, 0.25) is 0 Å². The second-order valence-electron chi connectivity index (χ2n) is 8.06. The third-order valence-electron chi connectivity index (χ3n) is 3.36. The van der Waals surface area contributed by atoms with Crippen molar-refractivity contribution in [2.75, 3.05) is 26.4 Å². The number of carbonyl (C=O) groups excluding carboxylic acids is 3. The van der Waals surface area contributed by atoms with Gasteiger partial charge >= 0.3 is 17.9 Å². The topological polar surface area (TPSA) is 99.1 Å². The molecule has 10 heteroatoms. The zero-order valence-electron chi connectivity index (χ0n) is 16.6. The van der Waals surface area contributed by atoms with E-state index in [9.17, 15) is 19.5 Å². The van der Waals surface area contributed by atoms with Crippen molar-refractivity contribution < 1.29 is 33.7 Å². The maximum atomic E-state index is 12.0. The summed E-state index contributed by atoms with van der Waals surface area (Å²) in [5, 5.41) is 9.89. The van der Waals surface area contributed by atoms with E-state index in [1.807, 2.05) is 0 Å². The van der Waals surface area contributed by atoms with Gasteiger partial charge in [0.1, 0.15) is 34.1 Å². The first-order valence-corrected chi connectivity index (χ1v) is 9.58. The van der Waals surface area contributed by atoms with Crippen LogP contribution in [0.15, 0.2) is 0 Å². The molecular formula is C17H30O7S3. The molecule has 0 amide bonds. The second kappa shape index (κ2) is 9.76. The molecule has 0 spiro atoms. The summed E-state index contributed by atoms with van der Waals surface area (Å²) in [4.78, 5) is 36.0. The molecule has 0 radical (unpaired) electrons. The van der Waals surface area contributed by atoms with Gasteiger partial charge < -0.3 is 19.3 Å². The van der Waals surface area contributed by atoms with E-state index in [0.717, 1.165) is 0 Å². The molecule has 0 aliphatic rings. The van der Waals surface area contributed by atoms with Crippen molar-refractivity contribution >= 4 is 55.8 Å². The highest BCUT2D eigenvalue weighted by Gasteiger charge is 2.39. The van der Waals surface area contributed by atoms with E-state index in [1.165, 1.54) is 0 Å². The zero-order chi connectivity index (χ0) is 21.7. The Morgan fingerprint density at radius 1 is 0.667 bits per heavy atom. The van der Waals surface area contributed by atoms with Crippen molar-refractivity contribution in [3.05, 3.63) is 0 Å². The Labute approximate surface area is 177 Å². The predicted molar refractivity (Wildman–Crippen MR) is 112 cm³/mol. The predicted octanol–water partition coefficient (Wildman–Crippen LogP) is 1.72. The summed E-state index contributed by atoms with van der Waals surface area (Å²) in [6, 6.07) is 0. The summed E-state index contributed by atoms with van der Waals surface area (Å²) < 4.78 is 12.4. The number of aliphatic hydroxyl groups excluding tert-OH is 1. The fraction of sp³-hybridized carbons (Fsp3) is 0.824. The van der Waals surface area contributed by atoms with Crippen molar-refractivity contribution in [3.63, 3.8) is 0 Å². The lowest BCUT2D eigenvalue weighted by atomic mass is 9.92. The maximum Gasteiger partial charge on any atom is 0.321 e. The third kappa shape index (κ3) is 9.45. The minimum absolute atomic E-state index is 0.340. The number of ether oxygens (including phenoxy) is 3. The van der Waals surface area contributed by atoms with Gasteiger partial charge in [0, 0.05) is 0 Å².